The first kappa shape index (κ1) is 24.6. The number of methoxy groups -OCH3 is 1. The summed E-state index contributed by atoms with van der Waals surface area (Å²) in [4.78, 5) is 18.5. The second-order valence-corrected chi connectivity index (χ2v) is 6.94. The highest BCUT2D eigenvalue weighted by Gasteiger charge is 2.17. The Morgan fingerprint density at radius 2 is 2.00 bits per heavy atom. The number of aryl methyl sites for hydroxylation is 1. The number of carbonyl (C=O) groups excluding carboxylic acids is 1. The summed E-state index contributed by atoms with van der Waals surface area (Å²) in [5, 5.41) is 14.3. The van der Waals surface area contributed by atoms with Crippen LogP contribution in [0.4, 0.5) is 0 Å². The van der Waals surface area contributed by atoms with Crippen LogP contribution < -0.4 is 10.6 Å². The van der Waals surface area contributed by atoms with E-state index in [1.165, 1.54) is 0 Å². The Labute approximate surface area is 173 Å². The molecule has 0 spiro atoms. The molecule has 0 unspecified atom stereocenters. The molecule has 1 heterocycles. The van der Waals surface area contributed by atoms with Crippen LogP contribution in [-0.2, 0) is 23.1 Å². The highest BCUT2D eigenvalue weighted by molar-refractivity contribution is 14.0. The SMILES string of the molecule is COCCNC(=NCc1nnc(C)n1C)N(C)CC(=O)NC(C)(C)C.I. The zero-order chi connectivity index (χ0) is 19.0. The van der Waals surface area contributed by atoms with E-state index in [0.29, 0.717) is 25.7 Å². The first-order chi connectivity index (χ1) is 11.6. The third-order valence-corrected chi connectivity index (χ3v) is 3.40. The van der Waals surface area contributed by atoms with Crippen LogP contribution in [0, 0.1) is 6.92 Å². The Kier molecular flexibility index (Phi) is 10.7. The number of carbonyl (C=O) groups is 1. The van der Waals surface area contributed by atoms with Gasteiger partial charge in [-0.25, -0.2) is 4.99 Å². The molecule has 0 saturated heterocycles. The Balaban J connectivity index is 0.00000625. The molecule has 150 valence electrons. The van der Waals surface area contributed by atoms with E-state index in [1.54, 1.807) is 12.0 Å². The summed E-state index contributed by atoms with van der Waals surface area (Å²) in [7, 11) is 5.36. The number of amides is 1. The Morgan fingerprint density at radius 3 is 2.50 bits per heavy atom. The molecule has 1 amide bonds. The molecular formula is C16H32IN7O2. The van der Waals surface area contributed by atoms with E-state index in [-0.39, 0.29) is 42.0 Å². The molecule has 1 aromatic rings. The summed E-state index contributed by atoms with van der Waals surface area (Å²) >= 11 is 0. The summed E-state index contributed by atoms with van der Waals surface area (Å²) in [5.74, 6) is 2.14. The van der Waals surface area contributed by atoms with Crippen LogP contribution in [-0.4, -0.2) is 70.9 Å². The van der Waals surface area contributed by atoms with Gasteiger partial charge in [0.2, 0.25) is 5.91 Å². The molecule has 0 aromatic carbocycles. The van der Waals surface area contributed by atoms with Crippen LogP contribution in [0.15, 0.2) is 4.99 Å². The van der Waals surface area contributed by atoms with Crippen molar-refractivity contribution in [1.82, 2.24) is 30.3 Å². The summed E-state index contributed by atoms with van der Waals surface area (Å²) in [5.41, 5.74) is -0.269. The normalized spacial score (nSPS) is 11.7. The molecule has 0 aliphatic rings. The minimum atomic E-state index is -0.269. The van der Waals surface area contributed by atoms with Crippen LogP contribution in [0.25, 0.3) is 0 Å². The molecule has 0 aliphatic heterocycles. The van der Waals surface area contributed by atoms with Gasteiger partial charge in [-0.15, -0.1) is 34.2 Å². The van der Waals surface area contributed by atoms with E-state index in [0.717, 1.165) is 11.6 Å². The monoisotopic (exact) mass is 481 g/mol. The highest BCUT2D eigenvalue weighted by Crippen LogP contribution is 2.01. The van der Waals surface area contributed by atoms with E-state index >= 15 is 0 Å². The molecular weight excluding hydrogens is 449 g/mol. The van der Waals surface area contributed by atoms with Crippen LogP contribution in [0.1, 0.15) is 32.4 Å². The Hall–Kier alpha value is -1.43. The maximum Gasteiger partial charge on any atom is 0.240 e. The summed E-state index contributed by atoms with van der Waals surface area (Å²) in [6.45, 7) is 9.46. The quantitative estimate of drug-likeness (QED) is 0.258. The predicted molar refractivity (Wildman–Crippen MR) is 113 cm³/mol. The van der Waals surface area contributed by atoms with Gasteiger partial charge in [-0.2, -0.15) is 0 Å². The van der Waals surface area contributed by atoms with Gasteiger partial charge in [0.05, 0.1) is 13.2 Å². The number of hydrogen-bond donors (Lipinski definition) is 2. The van der Waals surface area contributed by atoms with Crippen LogP contribution in [0.2, 0.25) is 0 Å². The topological polar surface area (TPSA) is 96.7 Å². The summed E-state index contributed by atoms with van der Waals surface area (Å²) in [6, 6.07) is 0. The lowest BCUT2D eigenvalue weighted by molar-refractivity contribution is -0.122. The van der Waals surface area contributed by atoms with E-state index in [1.807, 2.05) is 46.4 Å². The fourth-order valence-corrected chi connectivity index (χ4v) is 2.06. The minimum Gasteiger partial charge on any atom is -0.383 e. The number of nitrogens with zero attached hydrogens (tertiary/aromatic N) is 5. The van der Waals surface area contributed by atoms with E-state index in [9.17, 15) is 4.79 Å². The Morgan fingerprint density at radius 1 is 1.35 bits per heavy atom. The van der Waals surface area contributed by atoms with Gasteiger partial charge in [0.15, 0.2) is 11.8 Å². The highest BCUT2D eigenvalue weighted by atomic mass is 127. The van der Waals surface area contributed by atoms with Gasteiger partial charge in [-0.1, -0.05) is 0 Å². The number of aliphatic imine (C=N–C) groups is 1. The number of nitrogens with one attached hydrogen (secondary N) is 2. The van der Waals surface area contributed by atoms with Gasteiger partial charge in [0.1, 0.15) is 12.4 Å². The largest absolute Gasteiger partial charge is 0.383 e. The molecule has 1 rings (SSSR count). The predicted octanol–water partition coefficient (Wildman–Crippen LogP) is 0.680. The van der Waals surface area contributed by atoms with Crippen molar-refractivity contribution in [1.29, 1.82) is 0 Å². The second-order valence-electron chi connectivity index (χ2n) is 6.94. The van der Waals surface area contributed by atoms with Crippen LogP contribution >= 0.6 is 24.0 Å². The standard InChI is InChI=1S/C16H31N7O2.HI/c1-12-20-21-13(23(12)6)10-18-15(17-8-9-25-7)22(5)11-14(24)19-16(2,3)4;/h8-11H2,1-7H3,(H,17,18)(H,19,24);1H. The fourth-order valence-electron chi connectivity index (χ4n) is 2.06. The van der Waals surface area contributed by atoms with Gasteiger partial charge in [-0.05, 0) is 27.7 Å². The molecule has 0 fully saturated rings. The van der Waals surface area contributed by atoms with Gasteiger partial charge in [-0.3, -0.25) is 4.79 Å². The van der Waals surface area contributed by atoms with Crippen molar-refractivity contribution in [3.05, 3.63) is 11.6 Å². The third-order valence-electron chi connectivity index (χ3n) is 3.40. The zero-order valence-corrected chi connectivity index (χ0v) is 19.1. The smallest absolute Gasteiger partial charge is 0.240 e. The molecule has 0 atom stereocenters. The number of halogens is 1. The molecule has 9 nitrogen and oxygen atoms in total. The second kappa shape index (κ2) is 11.3. The molecule has 10 heteroatoms. The summed E-state index contributed by atoms with van der Waals surface area (Å²) < 4.78 is 6.95. The fraction of sp³-hybridized carbons (Fsp3) is 0.750. The lowest BCUT2D eigenvalue weighted by atomic mass is 10.1. The third kappa shape index (κ3) is 8.79. The molecule has 26 heavy (non-hydrogen) atoms. The van der Waals surface area contributed by atoms with E-state index in [4.69, 9.17) is 4.74 Å². The van der Waals surface area contributed by atoms with Crippen molar-refractivity contribution in [2.75, 3.05) is 33.9 Å². The van der Waals surface area contributed by atoms with Crippen LogP contribution in [0.5, 0.6) is 0 Å². The summed E-state index contributed by atoms with van der Waals surface area (Å²) in [6.07, 6.45) is 0. The molecule has 0 saturated carbocycles. The van der Waals surface area contributed by atoms with Gasteiger partial charge in [0.25, 0.3) is 0 Å². The average molecular weight is 481 g/mol. The average Bonchev–Trinajstić information content (AvgIpc) is 2.80. The maximum absolute atomic E-state index is 12.1. The number of guanidine groups is 1. The van der Waals surface area contributed by atoms with Crippen molar-refractivity contribution in [2.45, 2.75) is 39.8 Å². The van der Waals surface area contributed by atoms with Gasteiger partial charge < -0.3 is 24.8 Å². The number of rotatable bonds is 7. The molecule has 0 aliphatic carbocycles. The zero-order valence-electron chi connectivity index (χ0n) is 16.8. The lowest BCUT2D eigenvalue weighted by Crippen LogP contribution is -2.49. The molecule has 2 N–H and O–H groups in total. The van der Waals surface area contributed by atoms with Crippen molar-refractivity contribution < 1.29 is 9.53 Å². The molecule has 1 aromatic heterocycles. The first-order valence-electron chi connectivity index (χ1n) is 8.28. The Bertz CT molecular complexity index is 596. The first-order valence-corrected chi connectivity index (χ1v) is 8.28. The maximum atomic E-state index is 12.1. The number of aromatic nitrogens is 3. The van der Waals surface area contributed by atoms with Crippen molar-refractivity contribution in [3.8, 4) is 0 Å². The molecule has 0 bridgehead atoms. The lowest BCUT2D eigenvalue weighted by Gasteiger charge is -2.25. The van der Waals surface area contributed by atoms with Crippen molar-refractivity contribution in [2.24, 2.45) is 12.0 Å². The van der Waals surface area contributed by atoms with Crippen LogP contribution in [0.3, 0.4) is 0 Å². The number of ether oxygens (including phenoxy) is 1. The minimum absolute atomic E-state index is 0. The van der Waals surface area contributed by atoms with Gasteiger partial charge in [0, 0.05) is 33.3 Å². The van der Waals surface area contributed by atoms with Gasteiger partial charge >= 0.3 is 0 Å². The number of hydrogen-bond acceptors (Lipinski definition) is 5. The van der Waals surface area contributed by atoms with Crippen molar-refractivity contribution >= 4 is 35.8 Å². The van der Waals surface area contributed by atoms with E-state index in [2.05, 4.69) is 25.8 Å². The number of likely N-dealkylation sites (N-methyl/N-ethyl adjacent to an activating group) is 1. The van der Waals surface area contributed by atoms with E-state index < -0.39 is 0 Å². The van der Waals surface area contributed by atoms with Crippen molar-refractivity contribution in [3.63, 3.8) is 0 Å². The molecule has 0 radical (unpaired) electrons.